The zero-order valence-corrected chi connectivity index (χ0v) is 15.0. The highest BCUT2D eigenvalue weighted by Crippen LogP contribution is 2.33. The maximum absolute atomic E-state index is 11.3. The Kier molecular flexibility index (Phi) is 5.49. The number of aromatic nitrogens is 1. The molecule has 1 aliphatic rings. The molecule has 1 saturated heterocycles. The van der Waals surface area contributed by atoms with E-state index in [0.717, 1.165) is 25.2 Å². The van der Waals surface area contributed by atoms with Crippen LogP contribution in [0.2, 0.25) is 0 Å². The highest BCUT2D eigenvalue weighted by atomic mass is 16.4. The highest BCUT2D eigenvalue weighted by molar-refractivity contribution is 5.70. The summed E-state index contributed by atoms with van der Waals surface area (Å²) in [5.74, 6) is -0.887. The van der Waals surface area contributed by atoms with Gasteiger partial charge in [0.1, 0.15) is 0 Å². The van der Waals surface area contributed by atoms with Crippen LogP contribution >= 0.6 is 0 Å². The summed E-state index contributed by atoms with van der Waals surface area (Å²) < 4.78 is 0. The third-order valence-corrected chi connectivity index (χ3v) is 5.26. The molecule has 3 rings (SSSR count). The van der Waals surface area contributed by atoms with E-state index in [1.54, 1.807) is 0 Å². The van der Waals surface area contributed by atoms with Crippen molar-refractivity contribution >= 4 is 5.97 Å². The van der Waals surface area contributed by atoms with E-state index >= 15 is 0 Å². The van der Waals surface area contributed by atoms with Gasteiger partial charge in [-0.05, 0) is 62.0 Å². The van der Waals surface area contributed by atoms with Crippen LogP contribution in [-0.2, 0) is 11.2 Å². The number of hydrogen-bond acceptors (Lipinski definition) is 3. The lowest BCUT2D eigenvalue weighted by molar-refractivity contribution is -0.143. The molecular weight excluding hydrogens is 312 g/mol. The van der Waals surface area contributed by atoms with Crippen LogP contribution in [0, 0.1) is 12.8 Å². The first-order valence-corrected chi connectivity index (χ1v) is 9.07. The first-order valence-electron chi connectivity index (χ1n) is 9.07. The maximum Gasteiger partial charge on any atom is 0.306 e. The number of pyridine rings is 1. The Morgan fingerprint density at radius 3 is 2.52 bits per heavy atom. The Balaban J connectivity index is 1.92. The third-order valence-electron chi connectivity index (χ3n) is 5.26. The molecule has 1 atom stereocenters. The second kappa shape index (κ2) is 7.79. The number of aryl methyl sites for hydroxylation is 2. The zero-order chi connectivity index (χ0) is 17.8. The number of benzene rings is 1. The van der Waals surface area contributed by atoms with E-state index in [9.17, 15) is 9.90 Å². The smallest absolute Gasteiger partial charge is 0.306 e. The summed E-state index contributed by atoms with van der Waals surface area (Å²) in [6, 6.07) is 12.8. The number of rotatable bonds is 5. The van der Waals surface area contributed by atoms with E-state index in [1.165, 1.54) is 16.7 Å². The van der Waals surface area contributed by atoms with Crippen molar-refractivity contribution < 1.29 is 9.90 Å². The van der Waals surface area contributed by atoms with Crippen LogP contribution in [0.15, 0.2) is 42.6 Å². The lowest BCUT2D eigenvalue weighted by Gasteiger charge is -2.37. The SMILES string of the molecule is CCc1ccc(C(c2ccccc2C)N2CCC(C(=O)O)CC2)nc1. The molecule has 1 aromatic carbocycles. The molecule has 1 aliphatic heterocycles. The number of carboxylic acids is 1. The predicted octanol–water partition coefficient (Wildman–Crippen LogP) is 3.84. The Bertz CT molecular complexity index is 719. The van der Waals surface area contributed by atoms with Crippen molar-refractivity contribution in [3.63, 3.8) is 0 Å². The Morgan fingerprint density at radius 1 is 1.24 bits per heavy atom. The van der Waals surface area contributed by atoms with Gasteiger partial charge in [-0.3, -0.25) is 14.7 Å². The van der Waals surface area contributed by atoms with Gasteiger partial charge < -0.3 is 5.11 Å². The monoisotopic (exact) mass is 338 g/mol. The van der Waals surface area contributed by atoms with Gasteiger partial charge >= 0.3 is 5.97 Å². The summed E-state index contributed by atoms with van der Waals surface area (Å²) in [6.45, 7) is 5.83. The van der Waals surface area contributed by atoms with Gasteiger partial charge in [-0.2, -0.15) is 0 Å². The molecule has 1 fully saturated rings. The van der Waals surface area contributed by atoms with Gasteiger partial charge in [0.2, 0.25) is 0 Å². The van der Waals surface area contributed by atoms with E-state index in [0.29, 0.717) is 12.8 Å². The third kappa shape index (κ3) is 3.90. The molecular formula is C21H26N2O2. The normalized spacial score (nSPS) is 17.4. The fraction of sp³-hybridized carbons (Fsp3) is 0.429. The van der Waals surface area contributed by atoms with Crippen molar-refractivity contribution in [3.8, 4) is 0 Å². The number of nitrogens with zero attached hydrogens (tertiary/aromatic N) is 2. The molecule has 2 aromatic rings. The molecule has 4 heteroatoms. The molecule has 1 unspecified atom stereocenters. The predicted molar refractivity (Wildman–Crippen MR) is 98.6 cm³/mol. The minimum absolute atomic E-state index is 0.0850. The largest absolute Gasteiger partial charge is 0.481 e. The van der Waals surface area contributed by atoms with Crippen LogP contribution in [0.3, 0.4) is 0 Å². The topological polar surface area (TPSA) is 53.4 Å². The Morgan fingerprint density at radius 2 is 1.96 bits per heavy atom. The van der Waals surface area contributed by atoms with Crippen molar-refractivity contribution in [2.75, 3.05) is 13.1 Å². The summed E-state index contributed by atoms with van der Waals surface area (Å²) in [5, 5.41) is 9.27. The Hall–Kier alpha value is -2.20. The fourth-order valence-electron chi connectivity index (χ4n) is 3.65. The second-order valence-corrected chi connectivity index (χ2v) is 6.85. The van der Waals surface area contributed by atoms with Gasteiger partial charge in [0.05, 0.1) is 17.7 Å². The molecule has 1 N–H and O–H groups in total. The molecule has 0 radical (unpaired) electrons. The molecule has 0 bridgehead atoms. The molecule has 2 heterocycles. The minimum atomic E-state index is -0.669. The first kappa shape index (κ1) is 17.6. The van der Waals surface area contributed by atoms with E-state index in [4.69, 9.17) is 4.98 Å². The number of carbonyl (C=O) groups is 1. The first-order chi connectivity index (χ1) is 12.1. The van der Waals surface area contributed by atoms with Gasteiger partial charge in [0.25, 0.3) is 0 Å². The molecule has 132 valence electrons. The lowest BCUT2D eigenvalue weighted by Crippen LogP contribution is -2.39. The number of piperidine rings is 1. The van der Waals surface area contributed by atoms with Gasteiger partial charge in [0, 0.05) is 6.20 Å². The number of likely N-dealkylation sites (tertiary alicyclic amines) is 1. The van der Waals surface area contributed by atoms with Gasteiger partial charge in [-0.25, -0.2) is 0 Å². The number of aliphatic carboxylic acids is 1. The highest BCUT2D eigenvalue weighted by Gasteiger charge is 2.31. The molecule has 0 aliphatic carbocycles. The van der Waals surface area contributed by atoms with Crippen LogP contribution in [-0.4, -0.2) is 34.0 Å². The number of carboxylic acid groups (broad SMARTS) is 1. The van der Waals surface area contributed by atoms with E-state index in [-0.39, 0.29) is 12.0 Å². The summed E-state index contributed by atoms with van der Waals surface area (Å²) in [4.78, 5) is 18.4. The number of hydrogen-bond donors (Lipinski definition) is 1. The van der Waals surface area contributed by atoms with Gasteiger partial charge in [-0.1, -0.05) is 37.3 Å². The van der Waals surface area contributed by atoms with Crippen molar-refractivity contribution in [1.29, 1.82) is 0 Å². The molecule has 0 saturated carbocycles. The van der Waals surface area contributed by atoms with E-state index < -0.39 is 5.97 Å². The molecule has 1 aromatic heterocycles. The van der Waals surface area contributed by atoms with Gasteiger partial charge in [0.15, 0.2) is 0 Å². The van der Waals surface area contributed by atoms with Crippen molar-refractivity contribution in [2.45, 2.75) is 39.2 Å². The van der Waals surface area contributed by atoms with Crippen LogP contribution in [0.25, 0.3) is 0 Å². The molecule has 0 spiro atoms. The molecule has 25 heavy (non-hydrogen) atoms. The quantitative estimate of drug-likeness (QED) is 0.900. The van der Waals surface area contributed by atoms with Crippen molar-refractivity contribution in [1.82, 2.24) is 9.88 Å². The van der Waals surface area contributed by atoms with Crippen molar-refractivity contribution in [2.24, 2.45) is 5.92 Å². The van der Waals surface area contributed by atoms with Crippen molar-refractivity contribution in [3.05, 3.63) is 65.0 Å². The van der Waals surface area contributed by atoms with Crippen LogP contribution in [0.5, 0.6) is 0 Å². The zero-order valence-electron chi connectivity index (χ0n) is 15.0. The fourth-order valence-corrected chi connectivity index (χ4v) is 3.65. The van der Waals surface area contributed by atoms with Crippen LogP contribution < -0.4 is 0 Å². The average Bonchev–Trinajstić information content (AvgIpc) is 2.64. The van der Waals surface area contributed by atoms with E-state index in [1.807, 2.05) is 6.20 Å². The second-order valence-electron chi connectivity index (χ2n) is 6.85. The van der Waals surface area contributed by atoms with E-state index in [2.05, 4.69) is 55.1 Å². The average molecular weight is 338 g/mol. The summed E-state index contributed by atoms with van der Waals surface area (Å²) in [6.07, 6.45) is 4.34. The van der Waals surface area contributed by atoms with Crippen LogP contribution in [0.1, 0.15) is 48.2 Å². The molecule has 4 nitrogen and oxygen atoms in total. The van der Waals surface area contributed by atoms with Gasteiger partial charge in [-0.15, -0.1) is 0 Å². The summed E-state index contributed by atoms with van der Waals surface area (Å²) >= 11 is 0. The summed E-state index contributed by atoms with van der Waals surface area (Å²) in [7, 11) is 0. The Labute approximate surface area is 149 Å². The lowest BCUT2D eigenvalue weighted by atomic mass is 9.91. The standard InChI is InChI=1S/C21H26N2O2/c1-3-16-8-9-19(22-14-16)20(18-7-5-4-6-15(18)2)23-12-10-17(11-13-23)21(24)25/h4-9,14,17,20H,3,10-13H2,1-2H3,(H,24,25). The van der Waals surface area contributed by atoms with Crippen LogP contribution in [0.4, 0.5) is 0 Å². The molecule has 0 amide bonds. The summed E-state index contributed by atoms with van der Waals surface area (Å²) in [5.41, 5.74) is 4.78. The minimum Gasteiger partial charge on any atom is -0.481 e. The maximum atomic E-state index is 11.3.